The molecule has 0 fully saturated rings. The molecule has 0 saturated heterocycles. The lowest BCUT2D eigenvalue weighted by Crippen LogP contribution is -2.02. The number of rotatable bonds is 8. The first-order valence-corrected chi connectivity index (χ1v) is 9.93. The van der Waals surface area contributed by atoms with E-state index in [-0.39, 0.29) is 0 Å². The molecular weight excluding hydrogens is 356 g/mol. The van der Waals surface area contributed by atoms with Crippen molar-refractivity contribution in [1.82, 2.24) is 14.8 Å². The number of methoxy groups -OCH3 is 1. The molecule has 5 nitrogen and oxygen atoms in total. The Morgan fingerprint density at radius 2 is 1.96 bits per heavy atom. The third-order valence-electron chi connectivity index (χ3n) is 4.22. The minimum atomic E-state index is 0.680. The molecule has 0 aliphatic heterocycles. The van der Waals surface area contributed by atoms with Crippen molar-refractivity contribution in [3.8, 4) is 23.2 Å². The van der Waals surface area contributed by atoms with Gasteiger partial charge in [-0.25, -0.2) is 0 Å². The Hall–Kier alpha value is -2.78. The number of nitrogens with zero attached hydrogens (tertiary/aromatic N) is 4. The maximum atomic E-state index is 9.06. The summed E-state index contributed by atoms with van der Waals surface area (Å²) in [5.41, 5.74) is 2.81. The predicted octanol–water partition coefficient (Wildman–Crippen LogP) is 4.92. The summed E-state index contributed by atoms with van der Waals surface area (Å²) in [4.78, 5) is 0. The summed E-state index contributed by atoms with van der Waals surface area (Å²) in [5, 5.41) is 18.8. The molecule has 3 rings (SSSR count). The van der Waals surface area contributed by atoms with Crippen molar-refractivity contribution in [3.63, 3.8) is 0 Å². The average molecular weight is 379 g/mol. The van der Waals surface area contributed by atoms with Gasteiger partial charge in [0.05, 0.1) is 18.7 Å². The van der Waals surface area contributed by atoms with Crippen molar-refractivity contribution in [3.05, 3.63) is 59.7 Å². The Balaban J connectivity index is 1.83. The van der Waals surface area contributed by atoms with Crippen molar-refractivity contribution in [2.75, 3.05) is 7.11 Å². The fourth-order valence-electron chi connectivity index (χ4n) is 2.75. The second-order valence-corrected chi connectivity index (χ2v) is 7.08. The number of unbranched alkanes of at least 4 members (excludes halogenated alkanes) is 1. The number of benzene rings is 2. The van der Waals surface area contributed by atoms with Gasteiger partial charge in [-0.05, 0) is 48.4 Å². The molecule has 6 heteroatoms. The smallest absolute Gasteiger partial charge is 0.191 e. The summed E-state index contributed by atoms with van der Waals surface area (Å²) in [5.74, 6) is 2.45. The van der Waals surface area contributed by atoms with Gasteiger partial charge in [-0.1, -0.05) is 37.2 Å². The van der Waals surface area contributed by atoms with Gasteiger partial charge in [0.25, 0.3) is 0 Å². The summed E-state index contributed by atoms with van der Waals surface area (Å²) >= 11 is 1.65. The Bertz CT molecular complexity index is 928. The van der Waals surface area contributed by atoms with E-state index in [9.17, 15) is 0 Å². The first kappa shape index (κ1) is 19.0. The molecule has 27 heavy (non-hydrogen) atoms. The van der Waals surface area contributed by atoms with E-state index < -0.39 is 0 Å². The van der Waals surface area contributed by atoms with Crippen LogP contribution in [-0.2, 0) is 12.3 Å². The van der Waals surface area contributed by atoms with E-state index in [1.165, 1.54) is 0 Å². The first-order chi connectivity index (χ1) is 13.2. The van der Waals surface area contributed by atoms with Gasteiger partial charge in [-0.3, -0.25) is 0 Å². The normalized spacial score (nSPS) is 10.6. The van der Waals surface area contributed by atoms with Gasteiger partial charge in [0.1, 0.15) is 5.75 Å². The quantitative estimate of drug-likeness (QED) is 0.521. The van der Waals surface area contributed by atoms with Gasteiger partial charge in [0.15, 0.2) is 11.0 Å². The highest BCUT2D eigenvalue weighted by Gasteiger charge is 2.14. The van der Waals surface area contributed by atoms with Gasteiger partial charge < -0.3 is 9.30 Å². The number of ether oxygens (including phenoxy) is 1. The van der Waals surface area contributed by atoms with Crippen molar-refractivity contribution in [1.29, 1.82) is 5.26 Å². The van der Waals surface area contributed by atoms with Crippen molar-refractivity contribution in [2.24, 2.45) is 0 Å². The summed E-state index contributed by atoms with van der Waals surface area (Å²) in [7, 11) is 1.66. The summed E-state index contributed by atoms with van der Waals surface area (Å²) in [6.07, 6.45) is 2.17. The second-order valence-electron chi connectivity index (χ2n) is 6.14. The van der Waals surface area contributed by atoms with Gasteiger partial charge in [0, 0.05) is 17.9 Å². The fraction of sp³-hybridized carbons (Fsp3) is 0.286. The van der Waals surface area contributed by atoms with Crippen molar-refractivity contribution >= 4 is 11.8 Å². The molecule has 2 aromatic carbocycles. The van der Waals surface area contributed by atoms with E-state index in [4.69, 9.17) is 10.00 Å². The summed E-state index contributed by atoms with van der Waals surface area (Å²) in [6.45, 7) is 3.06. The Kier molecular flexibility index (Phi) is 6.50. The first-order valence-electron chi connectivity index (χ1n) is 8.94. The highest BCUT2D eigenvalue weighted by molar-refractivity contribution is 7.98. The summed E-state index contributed by atoms with van der Waals surface area (Å²) < 4.78 is 7.43. The molecular formula is C21H22N4OS. The van der Waals surface area contributed by atoms with Gasteiger partial charge in [0.2, 0.25) is 0 Å². The van der Waals surface area contributed by atoms with Gasteiger partial charge in [-0.15, -0.1) is 10.2 Å². The van der Waals surface area contributed by atoms with Crippen LogP contribution in [-0.4, -0.2) is 21.9 Å². The standard InChI is InChI=1S/C21H22N4OS/c1-3-4-12-25-20(18-8-10-19(26-2)11-9-18)23-24-21(25)27-15-17-7-5-6-16(13-17)14-22/h5-11,13H,3-4,12,15H2,1-2H3. The number of hydrogen-bond donors (Lipinski definition) is 0. The Morgan fingerprint density at radius 1 is 1.15 bits per heavy atom. The molecule has 0 radical (unpaired) electrons. The summed E-state index contributed by atoms with van der Waals surface area (Å²) in [6, 6.07) is 17.8. The molecule has 0 amide bonds. The van der Waals surface area contributed by atoms with Crippen LogP contribution >= 0.6 is 11.8 Å². The maximum absolute atomic E-state index is 9.06. The molecule has 0 aliphatic rings. The predicted molar refractivity (Wildman–Crippen MR) is 108 cm³/mol. The molecule has 0 bridgehead atoms. The second kappa shape index (κ2) is 9.24. The van der Waals surface area contributed by atoms with Crippen LogP contribution < -0.4 is 4.74 Å². The van der Waals surface area contributed by atoms with Crippen LogP contribution in [0.3, 0.4) is 0 Å². The monoisotopic (exact) mass is 378 g/mol. The van der Waals surface area contributed by atoms with Crippen LogP contribution in [0.2, 0.25) is 0 Å². The lowest BCUT2D eigenvalue weighted by molar-refractivity contribution is 0.415. The highest BCUT2D eigenvalue weighted by atomic mass is 32.2. The van der Waals surface area contributed by atoms with E-state index >= 15 is 0 Å². The molecule has 1 aromatic heterocycles. The molecule has 0 spiro atoms. The third kappa shape index (κ3) is 4.69. The molecule has 0 aliphatic carbocycles. The van der Waals surface area contributed by atoms with E-state index in [0.29, 0.717) is 5.56 Å². The lowest BCUT2D eigenvalue weighted by Gasteiger charge is -2.10. The van der Waals surface area contributed by atoms with Crippen LogP contribution in [0.5, 0.6) is 5.75 Å². The van der Waals surface area contributed by atoms with E-state index in [1.54, 1.807) is 18.9 Å². The maximum Gasteiger partial charge on any atom is 0.191 e. The van der Waals surface area contributed by atoms with E-state index in [2.05, 4.69) is 27.8 Å². The van der Waals surface area contributed by atoms with Crippen LogP contribution in [0.4, 0.5) is 0 Å². The fourth-order valence-corrected chi connectivity index (χ4v) is 3.65. The van der Waals surface area contributed by atoms with E-state index in [1.807, 2.05) is 48.5 Å². The minimum absolute atomic E-state index is 0.680. The average Bonchev–Trinajstić information content (AvgIpc) is 3.13. The number of aromatic nitrogens is 3. The number of hydrogen-bond acceptors (Lipinski definition) is 5. The molecule has 0 atom stereocenters. The van der Waals surface area contributed by atoms with E-state index in [0.717, 1.165) is 53.0 Å². The molecule has 0 unspecified atom stereocenters. The van der Waals surface area contributed by atoms with Crippen molar-refractivity contribution < 1.29 is 4.74 Å². The minimum Gasteiger partial charge on any atom is -0.497 e. The van der Waals surface area contributed by atoms with Gasteiger partial charge in [-0.2, -0.15) is 5.26 Å². The molecule has 0 saturated carbocycles. The molecule has 138 valence electrons. The Labute approximate surface area is 164 Å². The van der Waals surface area contributed by atoms with Crippen LogP contribution in [0, 0.1) is 11.3 Å². The molecule has 1 heterocycles. The zero-order valence-corrected chi connectivity index (χ0v) is 16.4. The number of thioether (sulfide) groups is 1. The van der Waals surface area contributed by atoms with Crippen LogP contribution in [0.25, 0.3) is 11.4 Å². The SMILES string of the molecule is CCCCn1c(SCc2cccc(C#N)c2)nnc1-c1ccc(OC)cc1. The topological polar surface area (TPSA) is 63.7 Å². The zero-order chi connectivity index (χ0) is 19.1. The van der Waals surface area contributed by atoms with Crippen LogP contribution in [0.1, 0.15) is 30.9 Å². The Morgan fingerprint density at radius 3 is 2.67 bits per heavy atom. The van der Waals surface area contributed by atoms with Crippen LogP contribution in [0.15, 0.2) is 53.7 Å². The third-order valence-corrected chi connectivity index (χ3v) is 5.26. The molecule has 0 N–H and O–H groups in total. The molecule has 3 aromatic rings. The lowest BCUT2D eigenvalue weighted by atomic mass is 10.2. The van der Waals surface area contributed by atoms with Crippen molar-refractivity contribution in [2.45, 2.75) is 37.2 Å². The highest BCUT2D eigenvalue weighted by Crippen LogP contribution is 2.28. The van der Waals surface area contributed by atoms with Gasteiger partial charge >= 0.3 is 0 Å². The largest absolute Gasteiger partial charge is 0.497 e. The number of nitriles is 1. The zero-order valence-electron chi connectivity index (χ0n) is 15.6.